The Morgan fingerprint density at radius 2 is 1.94 bits per heavy atom. The number of nitrogens with zero attached hydrogens (tertiary/aromatic N) is 1. The zero-order chi connectivity index (χ0) is 22.2. The molecule has 166 valence electrons. The molecule has 0 amide bonds. The van der Waals surface area contributed by atoms with Crippen LogP contribution >= 0.6 is 0 Å². The molecule has 0 aliphatic carbocycles. The van der Waals surface area contributed by atoms with Crippen molar-refractivity contribution in [2.75, 3.05) is 13.2 Å². The van der Waals surface area contributed by atoms with Crippen LogP contribution in [0.3, 0.4) is 0 Å². The lowest BCUT2D eigenvalue weighted by Crippen LogP contribution is -2.39. The molecule has 0 bridgehead atoms. The molecule has 6 heteroatoms. The van der Waals surface area contributed by atoms with Gasteiger partial charge in [-0.2, -0.15) is 0 Å². The van der Waals surface area contributed by atoms with E-state index in [0.29, 0.717) is 24.6 Å². The number of aliphatic hydroxyl groups is 1. The highest BCUT2D eigenvalue weighted by Crippen LogP contribution is 2.33. The minimum atomic E-state index is -0.696. The summed E-state index contributed by atoms with van der Waals surface area (Å²) in [6.07, 6.45) is 2.39. The molecule has 0 aliphatic rings. The maximum Gasteiger partial charge on any atom is 0.174 e. The van der Waals surface area contributed by atoms with E-state index in [1.54, 1.807) is 0 Å². The van der Waals surface area contributed by atoms with E-state index < -0.39 is 6.10 Å². The summed E-state index contributed by atoms with van der Waals surface area (Å²) in [7, 11) is 0. The number of allylic oxidation sites excluding steroid dienone is 1. The van der Waals surface area contributed by atoms with Crippen molar-refractivity contribution in [2.24, 2.45) is 5.92 Å². The highest BCUT2D eigenvalue weighted by atomic mass is 16.5. The van der Waals surface area contributed by atoms with Crippen LogP contribution in [0.15, 0.2) is 59.6 Å². The maximum absolute atomic E-state index is 10.4. The Labute approximate surface area is 183 Å². The van der Waals surface area contributed by atoms with Crippen LogP contribution in [0.4, 0.5) is 0 Å². The van der Waals surface area contributed by atoms with Crippen molar-refractivity contribution in [1.29, 1.82) is 0 Å². The number of hydrogen-bond donors (Lipinski definition) is 2. The number of ether oxygens (including phenoxy) is 2. The fourth-order valence-corrected chi connectivity index (χ4v) is 3.39. The predicted molar refractivity (Wildman–Crippen MR) is 122 cm³/mol. The van der Waals surface area contributed by atoms with Gasteiger partial charge in [0.1, 0.15) is 30.4 Å². The number of fused-ring (bicyclic) bond motifs is 1. The van der Waals surface area contributed by atoms with E-state index in [-0.39, 0.29) is 12.8 Å². The van der Waals surface area contributed by atoms with Gasteiger partial charge in [-0.05, 0) is 43.9 Å². The third-order valence-electron chi connectivity index (χ3n) is 4.83. The summed E-state index contributed by atoms with van der Waals surface area (Å²) in [5, 5.41) is 18.7. The van der Waals surface area contributed by atoms with Gasteiger partial charge in [-0.3, -0.25) is 5.32 Å². The van der Waals surface area contributed by atoms with Crippen LogP contribution in [0, 0.1) is 5.92 Å². The van der Waals surface area contributed by atoms with Gasteiger partial charge in [-0.15, -0.1) is 6.58 Å². The van der Waals surface area contributed by atoms with E-state index in [1.807, 2.05) is 55.5 Å². The van der Waals surface area contributed by atoms with E-state index >= 15 is 0 Å². The van der Waals surface area contributed by atoms with Gasteiger partial charge in [-0.1, -0.05) is 49.3 Å². The molecule has 0 radical (unpaired) electrons. The second-order valence-electron chi connectivity index (χ2n) is 8.09. The Morgan fingerprint density at radius 3 is 2.65 bits per heavy atom. The first-order valence-electron chi connectivity index (χ1n) is 10.7. The Balaban J connectivity index is 1.62. The van der Waals surface area contributed by atoms with Crippen LogP contribution in [-0.2, 0) is 12.8 Å². The predicted octanol–water partition coefficient (Wildman–Crippen LogP) is 4.51. The second-order valence-corrected chi connectivity index (χ2v) is 8.09. The first-order chi connectivity index (χ1) is 15.0. The van der Waals surface area contributed by atoms with Crippen molar-refractivity contribution in [1.82, 2.24) is 10.5 Å². The van der Waals surface area contributed by atoms with Gasteiger partial charge in [-0.25, -0.2) is 0 Å². The summed E-state index contributed by atoms with van der Waals surface area (Å²) < 4.78 is 17.4. The zero-order valence-electron chi connectivity index (χ0n) is 18.5. The van der Waals surface area contributed by atoms with E-state index in [9.17, 15) is 5.11 Å². The van der Waals surface area contributed by atoms with Crippen molar-refractivity contribution in [3.63, 3.8) is 0 Å². The van der Waals surface area contributed by atoms with E-state index in [1.165, 1.54) is 0 Å². The molecule has 0 fully saturated rings. The molecule has 0 spiro atoms. The molecule has 2 aromatic carbocycles. The van der Waals surface area contributed by atoms with Crippen LogP contribution in [0.1, 0.15) is 32.0 Å². The van der Waals surface area contributed by atoms with Crippen LogP contribution in [0.25, 0.3) is 11.0 Å². The van der Waals surface area contributed by atoms with Gasteiger partial charge in [0.25, 0.3) is 0 Å². The molecular formula is C25H32N2O4. The lowest BCUT2D eigenvalue weighted by Gasteiger charge is -2.19. The van der Waals surface area contributed by atoms with Crippen molar-refractivity contribution in [3.05, 3.63) is 66.4 Å². The molecule has 2 atom stereocenters. The minimum absolute atomic E-state index is 0.146. The number of rotatable bonds is 12. The first kappa shape index (κ1) is 22.8. The van der Waals surface area contributed by atoms with Crippen LogP contribution in [-0.4, -0.2) is 35.7 Å². The molecule has 2 unspecified atom stereocenters. The average Bonchev–Trinajstić information content (AvgIpc) is 3.16. The molecule has 31 heavy (non-hydrogen) atoms. The largest absolute Gasteiger partial charge is 0.490 e. The molecule has 1 aromatic heterocycles. The lowest BCUT2D eigenvalue weighted by atomic mass is 10.0. The molecule has 0 saturated carbocycles. The van der Waals surface area contributed by atoms with Gasteiger partial charge in [0.2, 0.25) is 0 Å². The van der Waals surface area contributed by atoms with Gasteiger partial charge < -0.3 is 19.1 Å². The number of hydrogen-bond acceptors (Lipinski definition) is 6. The van der Waals surface area contributed by atoms with E-state index in [2.05, 4.69) is 30.9 Å². The smallest absolute Gasteiger partial charge is 0.174 e. The normalized spacial score (nSPS) is 13.3. The van der Waals surface area contributed by atoms with E-state index in [0.717, 1.165) is 34.4 Å². The Kier molecular flexibility index (Phi) is 8.09. The molecule has 0 aliphatic heterocycles. The molecular weight excluding hydrogens is 392 g/mol. The third kappa shape index (κ3) is 6.32. The quantitative estimate of drug-likeness (QED) is 0.329. The summed E-state index contributed by atoms with van der Waals surface area (Å²) in [6, 6.07) is 13.5. The lowest BCUT2D eigenvalue weighted by molar-refractivity contribution is 0.0873. The fourth-order valence-electron chi connectivity index (χ4n) is 3.39. The molecule has 0 saturated heterocycles. The van der Waals surface area contributed by atoms with Gasteiger partial charge in [0, 0.05) is 12.1 Å². The fraction of sp³-hybridized carbons (Fsp3) is 0.400. The topological polar surface area (TPSA) is 76.8 Å². The van der Waals surface area contributed by atoms with Crippen molar-refractivity contribution >= 4 is 11.0 Å². The van der Waals surface area contributed by atoms with Gasteiger partial charge in [0.05, 0.1) is 11.1 Å². The second kappa shape index (κ2) is 11.0. The number of benzene rings is 2. The summed E-state index contributed by atoms with van der Waals surface area (Å²) >= 11 is 0. The number of aliphatic hydroxyl groups excluding tert-OH is 1. The Bertz CT molecular complexity index is 968. The highest BCUT2D eigenvalue weighted by molar-refractivity contribution is 5.89. The Morgan fingerprint density at radius 1 is 1.16 bits per heavy atom. The number of para-hydroxylation sites is 1. The number of nitrogens with one attached hydrogen (secondary N) is 1. The Hall–Kier alpha value is -2.83. The first-order valence-corrected chi connectivity index (χ1v) is 10.7. The molecule has 2 N–H and O–H groups in total. The monoisotopic (exact) mass is 424 g/mol. The minimum Gasteiger partial charge on any atom is -0.490 e. The van der Waals surface area contributed by atoms with Crippen molar-refractivity contribution < 1.29 is 19.1 Å². The summed E-state index contributed by atoms with van der Waals surface area (Å²) in [5.41, 5.74) is 2.63. The van der Waals surface area contributed by atoms with E-state index in [4.69, 9.17) is 14.0 Å². The molecule has 3 rings (SSSR count). The average molecular weight is 425 g/mol. The van der Waals surface area contributed by atoms with Crippen molar-refractivity contribution in [2.45, 2.75) is 45.9 Å². The summed E-state index contributed by atoms with van der Waals surface area (Å²) in [6.45, 7) is 10.5. The summed E-state index contributed by atoms with van der Waals surface area (Å²) in [5.74, 6) is 1.89. The standard InChI is InChI=1S/C25H32N2O4/c1-5-9-19-12-13-23(24-22(14-17(2)3)27-31-25(19)24)29-16-20(28)15-26-18(4)30-21-10-7-6-8-11-21/h5-8,10-13,17-18,20,26,28H,1,9,14-16H2,2-4H3. The van der Waals surface area contributed by atoms with Crippen LogP contribution in [0.5, 0.6) is 11.5 Å². The van der Waals surface area contributed by atoms with Crippen LogP contribution in [0.2, 0.25) is 0 Å². The SMILES string of the molecule is C=CCc1ccc(OCC(O)CNC(C)Oc2ccccc2)c2c(CC(C)C)noc12. The molecule has 3 aromatic rings. The highest BCUT2D eigenvalue weighted by Gasteiger charge is 2.19. The van der Waals surface area contributed by atoms with Gasteiger partial charge >= 0.3 is 0 Å². The third-order valence-corrected chi connectivity index (χ3v) is 4.83. The maximum atomic E-state index is 10.4. The van der Waals surface area contributed by atoms with Crippen molar-refractivity contribution in [3.8, 4) is 11.5 Å². The summed E-state index contributed by atoms with van der Waals surface area (Å²) in [4.78, 5) is 0. The number of aromatic nitrogens is 1. The van der Waals surface area contributed by atoms with Gasteiger partial charge in [0.15, 0.2) is 5.58 Å². The molecule has 1 heterocycles. The molecule has 6 nitrogen and oxygen atoms in total. The zero-order valence-corrected chi connectivity index (χ0v) is 18.5. The van der Waals surface area contributed by atoms with Crippen LogP contribution < -0.4 is 14.8 Å².